The normalized spacial score (nSPS) is 10.2. The number of halogens is 1. The molecule has 2 rings (SSSR count). The van der Waals surface area contributed by atoms with Gasteiger partial charge in [-0.3, -0.25) is 19.7 Å². The lowest BCUT2D eigenvalue weighted by molar-refractivity contribution is -0.384. The van der Waals surface area contributed by atoms with E-state index >= 15 is 0 Å². The number of hydrogen-bond donors (Lipinski definition) is 1. The van der Waals surface area contributed by atoms with E-state index in [9.17, 15) is 19.7 Å². The molecule has 0 atom stereocenters. The monoisotopic (exact) mass is 392 g/mol. The molecule has 0 radical (unpaired) electrons. The summed E-state index contributed by atoms with van der Waals surface area (Å²) in [5.41, 5.74) is 1.62. The van der Waals surface area contributed by atoms with Crippen molar-refractivity contribution in [2.75, 3.05) is 19.0 Å². The van der Waals surface area contributed by atoms with E-state index in [1.54, 1.807) is 12.1 Å². The Labute approximate surface area is 160 Å². The molecule has 142 valence electrons. The molecule has 0 aromatic heterocycles. The van der Waals surface area contributed by atoms with Gasteiger partial charge in [0.1, 0.15) is 5.75 Å². The third-order valence-electron chi connectivity index (χ3n) is 3.62. The smallest absolute Gasteiger partial charge is 0.310 e. The Balaban J connectivity index is 1.88. The van der Waals surface area contributed by atoms with Gasteiger partial charge >= 0.3 is 5.97 Å². The van der Waals surface area contributed by atoms with Crippen LogP contribution in [0.2, 0.25) is 5.02 Å². The number of nitro groups is 1. The summed E-state index contributed by atoms with van der Waals surface area (Å²) >= 11 is 5.89. The highest BCUT2D eigenvalue weighted by Crippen LogP contribution is 2.26. The van der Waals surface area contributed by atoms with Crippen LogP contribution < -0.4 is 10.1 Å². The van der Waals surface area contributed by atoms with Crippen molar-refractivity contribution in [3.8, 4) is 5.75 Å². The first-order chi connectivity index (χ1) is 12.8. The molecule has 2 aromatic carbocycles. The number of anilines is 1. The SMILES string of the molecule is COc1cc(CC(=O)OCC(=O)Nc2ccc([N+](=O)[O-])cc2Cl)ccc1C. The van der Waals surface area contributed by atoms with Gasteiger partial charge in [-0.1, -0.05) is 23.7 Å². The summed E-state index contributed by atoms with van der Waals surface area (Å²) in [7, 11) is 1.54. The van der Waals surface area contributed by atoms with Crippen molar-refractivity contribution in [2.45, 2.75) is 13.3 Å². The number of nitrogens with zero attached hydrogens (tertiary/aromatic N) is 1. The fourth-order valence-electron chi connectivity index (χ4n) is 2.24. The average Bonchev–Trinajstić information content (AvgIpc) is 2.63. The van der Waals surface area contributed by atoms with Crippen LogP contribution in [-0.4, -0.2) is 30.5 Å². The Kier molecular flexibility index (Phi) is 6.73. The van der Waals surface area contributed by atoms with Crippen LogP contribution >= 0.6 is 11.6 Å². The maximum absolute atomic E-state index is 11.9. The van der Waals surface area contributed by atoms with Crippen molar-refractivity contribution in [1.82, 2.24) is 0 Å². The fourth-order valence-corrected chi connectivity index (χ4v) is 2.47. The highest BCUT2D eigenvalue weighted by Gasteiger charge is 2.13. The molecular formula is C18H17ClN2O6. The Morgan fingerprint density at radius 2 is 1.96 bits per heavy atom. The number of methoxy groups -OCH3 is 1. The second-order valence-electron chi connectivity index (χ2n) is 5.61. The van der Waals surface area contributed by atoms with Crippen LogP contribution in [0.15, 0.2) is 36.4 Å². The Morgan fingerprint density at radius 1 is 1.22 bits per heavy atom. The molecule has 0 saturated heterocycles. The largest absolute Gasteiger partial charge is 0.496 e. The van der Waals surface area contributed by atoms with Gasteiger partial charge in [0.2, 0.25) is 0 Å². The molecule has 0 aliphatic heterocycles. The van der Waals surface area contributed by atoms with Gasteiger partial charge in [0.05, 0.1) is 29.2 Å². The lowest BCUT2D eigenvalue weighted by Gasteiger charge is -2.09. The molecule has 27 heavy (non-hydrogen) atoms. The Morgan fingerprint density at radius 3 is 2.59 bits per heavy atom. The molecule has 9 heteroatoms. The summed E-state index contributed by atoms with van der Waals surface area (Å²) in [5.74, 6) is -0.530. The lowest BCUT2D eigenvalue weighted by atomic mass is 10.1. The summed E-state index contributed by atoms with van der Waals surface area (Å²) in [6.45, 7) is 1.38. The zero-order valence-corrected chi connectivity index (χ0v) is 15.4. The summed E-state index contributed by atoms with van der Waals surface area (Å²) in [6.07, 6.45) is -0.0117. The molecule has 0 unspecified atom stereocenters. The molecule has 0 fully saturated rings. The maximum Gasteiger partial charge on any atom is 0.310 e. The highest BCUT2D eigenvalue weighted by molar-refractivity contribution is 6.34. The number of carbonyl (C=O) groups excluding carboxylic acids is 2. The second kappa shape index (κ2) is 9.00. The summed E-state index contributed by atoms with van der Waals surface area (Å²) < 4.78 is 10.1. The topological polar surface area (TPSA) is 108 Å². The number of carbonyl (C=O) groups is 2. The number of aryl methyl sites for hydroxylation is 1. The summed E-state index contributed by atoms with van der Waals surface area (Å²) in [4.78, 5) is 33.9. The second-order valence-corrected chi connectivity index (χ2v) is 6.02. The molecular weight excluding hydrogens is 376 g/mol. The lowest BCUT2D eigenvalue weighted by Crippen LogP contribution is -2.21. The van der Waals surface area contributed by atoms with Crippen LogP contribution in [0.25, 0.3) is 0 Å². The number of benzene rings is 2. The molecule has 0 heterocycles. The van der Waals surface area contributed by atoms with E-state index in [-0.39, 0.29) is 22.8 Å². The zero-order valence-electron chi connectivity index (χ0n) is 14.7. The number of amides is 1. The van der Waals surface area contributed by atoms with Crippen LogP contribution in [0, 0.1) is 17.0 Å². The zero-order chi connectivity index (χ0) is 20.0. The van der Waals surface area contributed by atoms with Gasteiger partial charge in [-0.25, -0.2) is 0 Å². The first-order valence-corrected chi connectivity index (χ1v) is 8.21. The van der Waals surface area contributed by atoms with Crippen molar-refractivity contribution >= 4 is 34.9 Å². The first-order valence-electron chi connectivity index (χ1n) is 7.83. The quantitative estimate of drug-likeness (QED) is 0.440. The number of ether oxygens (including phenoxy) is 2. The van der Waals surface area contributed by atoms with Crippen LogP contribution in [0.3, 0.4) is 0 Å². The Hall–Kier alpha value is -3.13. The number of non-ortho nitro benzene ring substituents is 1. The number of nitrogens with one attached hydrogen (secondary N) is 1. The van der Waals surface area contributed by atoms with Gasteiger partial charge < -0.3 is 14.8 Å². The molecule has 1 N–H and O–H groups in total. The molecule has 0 aliphatic carbocycles. The molecule has 0 bridgehead atoms. The number of hydrogen-bond acceptors (Lipinski definition) is 6. The molecule has 0 aliphatic rings. The van der Waals surface area contributed by atoms with Crippen molar-refractivity contribution in [3.63, 3.8) is 0 Å². The van der Waals surface area contributed by atoms with E-state index in [1.165, 1.54) is 19.2 Å². The third-order valence-corrected chi connectivity index (χ3v) is 3.94. The van der Waals surface area contributed by atoms with E-state index in [2.05, 4.69) is 5.32 Å². The van der Waals surface area contributed by atoms with Crippen molar-refractivity contribution in [2.24, 2.45) is 0 Å². The van der Waals surface area contributed by atoms with E-state index in [4.69, 9.17) is 21.1 Å². The highest BCUT2D eigenvalue weighted by atomic mass is 35.5. The Bertz CT molecular complexity index is 884. The molecule has 0 saturated carbocycles. The van der Waals surface area contributed by atoms with Crippen LogP contribution in [0.4, 0.5) is 11.4 Å². The standard InChI is InChI=1S/C18H17ClN2O6/c1-11-3-4-12(7-16(11)26-2)8-18(23)27-10-17(22)20-15-6-5-13(21(24)25)9-14(15)19/h3-7,9H,8,10H2,1-2H3,(H,20,22). The van der Waals surface area contributed by atoms with Crippen molar-refractivity contribution in [1.29, 1.82) is 0 Å². The summed E-state index contributed by atoms with van der Waals surface area (Å²) in [6, 6.07) is 8.96. The molecule has 1 amide bonds. The number of rotatable bonds is 7. The van der Waals surface area contributed by atoms with Gasteiger partial charge in [0, 0.05) is 12.1 Å². The van der Waals surface area contributed by atoms with Gasteiger partial charge in [-0.05, 0) is 30.2 Å². The van der Waals surface area contributed by atoms with Gasteiger partial charge in [-0.15, -0.1) is 0 Å². The molecule has 2 aromatic rings. The van der Waals surface area contributed by atoms with Gasteiger partial charge in [0.25, 0.3) is 11.6 Å². The van der Waals surface area contributed by atoms with E-state index in [0.29, 0.717) is 11.3 Å². The average molecular weight is 393 g/mol. The first kappa shape index (κ1) is 20.2. The van der Waals surface area contributed by atoms with Gasteiger partial charge in [-0.2, -0.15) is 0 Å². The van der Waals surface area contributed by atoms with E-state index < -0.39 is 23.4 Å². The van der Waals surface area contributed by atoms with E-state index in [1.807, 2.05) is 13.0 Å². The van der Waals surface area contributed by atoms with Gasteiger partial charge in [0.15, 0.2) is 6.61 Å². The maximum atomic E-state index is 11.9. The fraction of sp³-hybridized carbons (Fsp3) is 0.222. The predicted octanol–water partition coefficient (Wildman–Crippen LogP) is 3.29. The van der Waals surface area contributed by atoms with Crippen LogP contribution in [-0.2, 0) is 20.7 Å². The van der Waals surface area contributed by atoms with Crippen LogP contribution in [0.1, 0.15) is 11.1 Å². The van der Waals surface area contributed by atoms with Crippen molar-refractivity contribution in [3.05, 3.63) is 62.7 Å². The minimum atomic E-state index is -0.611. The molecule has 0 spiro atoms. The number of esters is 1. The minimum Gasteiger partial charge on any atom is -0.496 e. The van der Waals surface area contributed by atoms with E-state index in [0.717, 1.165) is 11.6 Å². The van der Waals surface area contributed by atoms with Crippen LogP contribution in [0.5, 0.6) is 5.75 Å². The van der Waals surface area contributed by atoms with Crippen molar-refractivity contribution < 1.29 is 24.0 Å². The predicted molar refractivity (Wildman–Crippen MR) is 99.1 cm³/mol. The molecule has 8 nitrogen and oxygen atoms in total. The number of nitro benzene ring substituents is 1. The minimum absolute atomic E-state index is 0.00984. The summed E-state index contributed by atoms with van der Waals surface area (Å²) in [5, 5.41) is 13.1. The third kappa shape index (κ3) is 5.68.